The van der Waals surface area contributed by atoms with Crippen molar-refractivity contribution in [3.8, 4) is 0 Å². The Morgan fingerprint density at radius 3 is 2.62 bits per heavy atom. The van der Waals surface area contributed by atoms with Crippen molar-refractivity contribution in [1.29, 1.82) is 0 Å². The number of benzene rings is 2. The summed E-state index contributed by atoms with van der Waals surface area (Å²) in [5.41, 5.74) is 1.07. The minimum Gasteiger partial charge on any atom is -0.333 e. The van der Waals surface area contributed by atoms with Crippen LogP contribution >= 0.6 is 0 Å². The molecule has 0 bridgehead atoms. The fourth-order valence-electron chi connectivity index (χ4n) is 4.36. The largest absolute Gasteiger partial charge is 0.333 e. The predicted octanol–water partition coefficient (Wildman–Crippen LogP) is 1.54. The minimum absolute atomic E-state index is 0.223. The monoisotopic (exact) mass is 417 g/mol. The lowest BCUT2D eigenvalue weighted by molar-refractivity contribution is -0.132. The number of carbonyl (C=O) groups excluding carboxylic acids is 2. The van der Waals surface area contributed by atoms with Gasteiger partial charge in [-0.15, -0.1) is 0 Å². The first-order chi connectivity index (χ1) is 13.7. The van der Waals surface area contributed by atoms with Crippen molar-refractivity contribution in [2.45, 2.75) is 17.9 Å². The number of nitrogens with one attached hydrogen (secondary N) is 2. The molecular weight excluding hydrogens is 397 g/mol. The van der Waals surface area contributed by atoms with Gasteiger partial charge in [-0.3, -0.25) is 9.59 Å². The van der Waals surface area contributed by atoms with Gasteiger partial charge in [-0.1, -0.05) is 30.3 Å². The summed E-state index contributed by atoms with van der Waals surface area (Å²) in [6.45, 7) is -0.135. The summed E-state index contributed by atoms with van der Waals surface area (Å²) in [5, 5.41) is 2.89. The molecule has 9 heteroatoms. The fraction of sp³-hybridized carbons (Fsp3) is 0.300. The minimum atomic E-state index is -3.55. The molecule has 1 fully saturated rings. The van der Waals surface area contributed by atoms with E-state index < -0.39 is 39.7 Å². The number of likely N-dealkylation sites (tertiary alicyclic amines) is 1. The third-order valence-corrected chi connectivity index (χ3v) is 6.25. The number of halogens is 1. The first-order valence-electron chi connectivity index (χ1n) is 9.13. The van der Waals surface area contributed by atoms with E-state index in [0.29, 0.717) is 17.7 Å². The van der Waals surface area contributed by atoms with E-state index in [1.54, 1.807) is 18.2 Å². The van der Waals surface area contributed by atoms with Crippen LogP contribution in [0.2, 0.25) is 0 Å². The number of amides is 2. The number of nitrogens with zero attached hydrogens (tertiary/aromatic N) is 1. The molecule has 0 unspecified atom stereocenters. The van der Waals surface area contributed by atoms with Gasteiger partial charge >= 0.3 is 0 Å². The maximum atomic E-state index is 13.5. The Morgan fingerprint density at radius 1 is 1.24 bits per heavy atom. The van der Waals surface area contributed by atoms with Gasteiger partial charge in [0.1, 0.15) is 11.2 Å². The van der Waals surface area contributed by atoms with Crippen LogP contribution < -0.4 is 10.0 Å². The highest BCUT2D eigenvalue weighted by molar-refractivity contribution is 7.88. The Labute approximate surface area is 168 Å². The van der Waals surface area contributed by atoms with Gasteiger partial charge in [0.05, 0.1) is 18.8 Å². The van der Waals surface area contributed by atoms with Gasteiger partial charge in [-0.25, -0.2) is 17.5 Å². The maximum Gasteiger partial charge on any atom is 0.238 e. The molecule has 0 aromatic heterocycles. The highest BCUT2D eigenvalue weighted by Crippen LogP contribution is 2.54. The van der Waals surface area contributed by atoms with E-state index in [9.17, 15) is 22.4 Å². The summed E-state index contributed by atoms with van der Waals surface area (Å²) < 4.78 is 38.6. The van der Waals surface area contributed by atoms with Gasteiger partial charge in [-0.05, 0) is 35.7 Å². The van der Waals surface area contributed by atoms with Crippen molar-refractivity contribution in [2.75, 3.05) is 24.7 Å². The summed E-state index contributed by atoms with van der Waals surface area (Å²) in [7, 11) is -3.55. The average Bonchev–Trinajstić information content (AvgIpc) is 3.20. The topological polar surface area (TPSA) is 95.6 Å². The molecule has 2 atom stereocenters. The van der Waals surface area contributed by atoms with Crippen molar-refractivity contribution in [3.63, 3.8) is 0 Å². The van der Waals surface area contributed by atoms with Crippen molar-refractivity contribution in [2.24, 2.45) is 0 Å². The van der Waals surface area contributed by atoms with E-state index in [1.165, 1.54) is 17.0 Å². The van der Waals surface area contributed by atoms with Crippen LogP contribution in [0, 0.1) is 5.82 Å². The van der Waals surface area contributed by atoms with E-state index >= 15 is 0 Å². The SMILES string of the molecule is CS(=O)(=O)NCC(=O)N1CC[C@]2(C(=O)Nc3ccccc32)[C@@H]1c1ccc(F)cc1. The Morgan fingerprint density at radius 2 is 1.93 bits per heavy atom. The van der Waals surface area contributed by atoms with E-state index in [1.807, 2.05) is 18.2 Å². The first-order valence-corrected chi connectivity index (χ1v) is 11.0. The predicted molar refractivity (Wildman–Crippen MR) is 105 cm³/mol. The van der Waals surface area contributed by atoms with E-state index in [2.05, 4.69) is 10.0 Å². The number of hydrogen-bond donors (Lipinski definition) is 2. The quantitative estimate of drug-likeness (QED) is 0.789. The zero-order valence-electron chi connectivity index (χ0n) is 15.7. The van der Waals surface area contributed by atoms with Crippen molar-refractivity contribution < 1.29 is 22.4 Å². The lowest BCUT2D eigenvalue weighted by atomic mass is 9.72. The highest BCUT2D eigenvalue weighted by atomic mass is 32.2. The fourth-order valence-corrected chi connectivity index (χ4v) is 4.74. The molecule has 2 N–H and O–H groups in total. The number of rotatable bonds is 4. The molecule has 152 valence electrons. The number of hydrogen-bond acceptors (Lipinski definition) is 4. The second-order valence-corrected chi connectivity index (χ2v) is 9.19. The third kappa shape index (κ3) is 3.30. The smallest absolute Gasteiger partial charge is 0.238 e. The molecule has 4 rings (SSSR count). The summed E-state index contributed by atoms with van der Waals surface area (Å²) in [6.07, 6.45) is 1.35. The molecule has 0 radical (unpaired) electrons. The first kappa shape index (κ1) is 19.5. The second-order valence-electron chi connectivity index (χ2n) is 7.36. The van der Waals surface area contributed by atoms with Crippen LogP contribution in [0.5, 0.6) is 0 Å². The van der Waals surface area contributed by atoms with Crippen LogP contribution in [0.1, 0.15) is 23.6 Å². The molecule has 1 saturated heterocycles. The van der Waals surface area contributed by atoms with Gasteiger partial charge in [-0.2, -0.15) is 0 Å². The van der Waals surface area contributed by atoms with E-state index in [4.69, 9.17) is 0 Å². The van der Waals surface area contributed by atoms with Gasteiger partial charge in [0.25, 0.3) is 0 Å². The highest BCUT2D eigenvalue weighted by Gasteiger charge is 2.59. The van der Waals surface area contributed by atoms with Crippen LogP contribution in [0.3, 0.4) is 0 Å². The normalized spacial score (nSPS) is 23.3. The zero-order chi connectivity index (χ0) is 20.8. The lowest BCUT2D eigenvalue weighted by Crippen LogP contribution is -2.45. The number of sulfonamides is 1. The summed E-state index contributed by atoms with van der Waals surface area (Å²) in [5.74, 6) is -1.09. The van der Waals surface area contributed by atoms with Crippen LogP contribution in [-0.2, 0) is 25.0 Å². The van der Waals surface area contributed by atoms with E-state index in [0.717, 1.165) is 11.8 Å². The van der Waals surface area contributed by atoms with Gasteiger partial charge in [0.2, 0.25) is 21.8 Å². The Bertz CT molecular complexity index is 1090. The second kappa shape index (κ2) is 6.93. The number of para-hydroxylation sites is 1. The molecule has 29 heavy (non-hydrogen) atoms. The lowest BCUT2D eigenvalue weighted by Gasteiger charge is -2.34. The van der Waals surface area contributed by atoms with Crippen LogP contribution in [0.15, 0.2) is 48.5 Å². The molecule has 0 aliphatic carbocycles. The van der Waals surface area contributed by atoms with Gasteiger partial charge in [0.15, 0.2) is 0 Å². The Hall–Kier alpha value is -2.78. The molecule has 7 nitrogen and oxygen atoms in total. The van der Waals surface area contributed by atoms with Gasteiger partial charge < -0.3 is 10.2 Å². The summed E-state index contributed by atoms with van der Waals surface area (Å²) >= 11 is 0. The number of carbonyl (C=O) groups is 2. The maximum absolute atomic E-state index is 13.5. The van der Waals surface area contributed by atoms with Crippen molar-refractivity contribution in [1.82, 2.24) is 9.62 Å². The molecule has 2 amide bonds. The molecule has 2 heterocycles. The summed E-state index contributed by atoms with van der Waals surface area (Å²) in [4.78, 5) is 27.6. The molecule has 0 saturated carbocycles. The Balaban J connectivity index is 1.80. The Kier molecular flexibility index (Phi) is 4.66. The molecule has 2 aromatic rings. The average molecular weight is 417 g/mol. The standard InChI is InChI=1S/C20H20FN3O4S/c1-29(27,28)22-12-17(25)24-11-10-20(18(24)13-6-8-14(21)9-7-13)15-4-2-3-5-16(15)23-19(20)26/h2-9,18,22H,10-12H2,1H3,(H,23,26)/t18-,20+/m0/s1. The van der Waals surface area contributed by atoms with Gasteiger partial charge in [0, 0.05) is 12.2 Å². The summed E-state index contributed by atoms with van der Waals surface area (Å²) in [6, 6.07) is 12.3. The number of fused-ring (bicyclic) bond motifs is 2. The van der Waals surface area contributed by atoms with Crippen LogP contribution in [0.4, 0.5) is 10.1 Å². The number of anilines is 1. The zero-order valence-corrected chi connectivity index (χ0v) is 16.5. The van der Waals surface area contributed by atoms with Crippen LogP contribution in [0.25, 0.3) is 0 Å². The third-order valence-electron chi connectivity index (χ3n) is 5.58. The van der Waals surface area contributed by atoms with Crippen molar-refractivity contribution in [3.05, 3.63) is 65.5 Å². The molecule has 2 aliphatic heterocycles. The van der Waals surface area contributed by atoms with Crippen LogP contribution in [-0.4, -0.2) is 44.5 Å². The molecule has 2 aromatic carbocycles. The van der Waals surface area contributed by atoms with E-state index in [-0.39, 0.29) is 12.5 Å². The molecular formula is C20H20FN3O4S. The molecule has 1 spiro atoms. The van der Waals surface area contributed by atoms with Crippen molar-refractivity contribution >= 4 is 27.5 Å². The molecule has 2 aliphatic rings.